The summed E-state index contributed by atoms with van der Waals surface area (Å²) in [6.45, 7) is 8.16. The van der Waals surface area contributed by atoms with Crippen molar-refractivity contribution in [3.63, 3.8) is 0 Å². The van der Waals surface area contributed by atoms with Gasteiger partial charge in [0.1, 0.15) is 5.75 Å². The van der Waals surface area contributed by atoms with Gasteiger partial charge in [0.15, 0.2) is 6.61 Å². The van der Waals surface area contributed by atoms with Gasteiger partial charge in [0.05, 0.1) is 0 Å². The molecule has 0 radical (unpaired) electrons. The van der Waals surface area contributed by atoms with Crippen molar-refractivity contribution in [3.05, 3.63) is 65.2 Å². The summed E-state index contributed by atoms with van der Waals surface area (Å²) in [5, 5.41) is 0. The van der Waals surface area contributed by atoms with E-state index >= 15 is 0 Å². The topological polar surface area (TPSA) is 67.4 Å². The molecule has 0 atom stereocenters. The van der Waals surface area contributed by atoms with Gasteiger partial charge >= 0.3 is 0 Å². The van der Waals surface area contributed by atoms with Crippen molar-refractivity contribution in [1.29, 1.82) is 0 Å². The van der Waals surface area contributed by atoms with E-state index in [1.807, 2.05) is 43.3 Å². The number of hydrogen-bond donors (Lipinski definition) is 2. The first kappa shape index (κ1) is 18.5. The standard InChI is InChI=1S/C20H24N2O3/c1-14-5-7-15(8-6-14)19(24)22-21-18(23)13-25-17-11-9-16(10-12-17)20(2,3)4/h5-12H,13H2,1-4H3,(H,21,23)(H,22,24). The average molecular weight is 340 g/mol. The largest absolute Gasteiger partial charge is 0.484 e. The molecule has 132 valence electrons. The highest BCUT2D eigenvalue weighted by Gasteiger charge is 2.13. The smallest absolute Gasteiger partial charge is 0.276 e. The van der Waals surface area contributed by atoms with E-state index in [2.05, 4.69) is 31.6 Å². The Bertz CT molecular complexity index is 729. The lowest BCUT2D eigenvalue weighted by Crippen LogP contribution is -2.43. The molecule has 5 heteroatoms. The quantitative estimate of drug-likeness (QED) is 0.840. The summed E-state index contributed by atoms with van der Waals surface area (Å²) in [4.78, 5) is 23.7. The van der Waals surface area contributed by atoms with Crippen LogP contribution >= 0.6 is 0 Å². The van der Waals surface area contributed by atoms with Crippen LogP contribution in [0.2, 0.25) is 0 Å². The maximum Gasteiger partial charge on any atom is 0.276 e. The third-order valence-electron chi connectivity index (χ3n) is 3.72. The van der Waals surface area contributed by atoms with E-state index in [9.17, 15) is 9.59 Å². The lowest BCUT2D eigenvalue weighted by Gasteiger charge is -2.19. The fourth-order valence-electron chi connectivity index (χ4n) is 2.14. The molecule has 0 fully saturated rings. The molecule has 2 N–H and O–H groups in total. The number of amides is 2. The highest BCUT2D eigenvalue weighted by molar-refractivity contribution is 5.95. The van der Waals surface area contributed by atoms with Crippen LogP contribution in [0, 0.1) is 6.92 Å². The molecule has 2 amide bonds. The fraction of sp³-hybridized carbons (Fsp3) is 0.300. The lowest BCUT2D eigenvalue weighted by atomic mass is 9.87. The minimum absolute atomic E-state index is 0.0656. The minimum atomic E-state index is -0.430. The Labute approximate surface area is 148 Å². The number of nitrogens with one attached hydrogen (secondary N) is 2. The Morgan fingerprint density at radius 3 is 2.08 bits per heavy atom. The summed E-state index contributed by atoms with van der Waals surface area (Å²) < 4.78 is 5.43. The maximum atomic E-state index is 11.9. The zero-order valence-corrected chi connectivity index (χ0v) is 15.1. The number of carbonyl (C=O) groups is 2. The van der Waals surface area contributed by atoms with Gasteiger partial charge in [-0.2, -0.15) is 0 Å². The Balaban J connectivity index is 1.79. The molecule has 5 nitrogen and oxygen atoms in total. The van der Waals surface area contributed by atoms with Crippen LogP contribution in [0.5, 0.6) is 5.75 Å². The molecule has 25 heavy (non-hydrogen) atoms. The van der Waals surface area contributed by atoms with Crippen molar-refractivity contribution in [2.45, 2.75) is 33.1 Å². The third-order valence-corrected chi connectivity index (χ3v) is 3.72. The first-order chi connectivity index (χ1) is 11.8. The van der Waals surface area contributed by atoms with Gasteiger partial charge in [-0.05, 0) is 42.2 Å². The third kappa shape index (κ3) is 5.64. The second kappa shape index (κ2) is 7.83. The number of rotatable bonds is 4. The van der Waals surface area contributed by atoms with Crippen LogP contribution in [0.4, 0.5) is 0 Å². The van der Waals surface area contributed by atoms with Gasteiger partial charge in [0, 0.05) is 5.56 Å². The van der Waals surface area contributed by atoms with E-state index < -0.39 is 5.91 Å². The summed E-state index contributed by atoms with van der Waals surface area (Å²) in [5.74, 6) is -0.198. The summed E-state index contributed by atoms with van der Waals surface area (Å²) in [5.41, 5.74) is 7.50. The molecule has 0 unspecified atom stereocenters. The number of carbonyl (C=O) groups excluding carboxylic acids is 2. The van der Waals surface area contributed by atoms with E-state index in [1.54, 1.807) is 12.1 Å². The molecule has 0 spiro atoms. The SMILES string of the molecule is Cc1ccc(C(=O)NNC(=O)COc2ccc(C(C)(C)C)cc2)cc1. The van der Waals surface area contributed by atoms with Gasteiger partial charge in [-0.3, -0.25) is 20.4 Å². The molecule has 0 aliphatic heterocycles. The molecular formula is C20H24N2O3. The van der Waals surface area contributed by atoms with Crippen molar-refractivity contribution in [2.75, 3.05) is 6.61 Å². The zero-order chi connectivity index (χ0) is 18.4. The van der Waals surface area contributed by atoms with Crippen LogP contribution in [0.15, 0.2) is 48.5 Å². The van der Waals surface area contributed by atoms with Crippen LogP contribution in [0.3, 0.4) is 0 Å². The van der Waals surface area contributed by atoms with Crippen LogP contribution in [-0.2, 0) is 10.2 Å². The molecular weight excluding hydrogens is 316 g/mol. The van der Waals surface area contributed by atoms with Gasteiger partial charge in [0.2, 0.25) is 0 Å². The molecule has 0 aromatic heterocycles. The van der Waals surface area contributed by atoms with Gasteiger partial charge in [-0.25, -0.2) is 0 Å². The van der Waals surface area contributed by atoms with Crippen molar-refractivity contribution >= 4 is 11.8 Å². The number of hydrazine groups is 1. The molecule has 0 aliphatic rings. The Kier molecular flexibility index (Phi) is 5.80. The van der Waals surface area contributed by atoms with Gasteiger partial charge in [-0.15, -0.1) is 0 Å². The highest BCUT2D eigenvalue weighted by atomic mass is 16.5. The molecule has 0 saturated carbocycles. The van der Waals surface area contributed by atoms with E-state index in [4.69, 9.17) is 4.74 Å². The van der Waals surface area contributed by atoms with E-state index in [1.165, 1.54) is 5.56 Å². The number of benzene rings is 2. The molecule has 0 heterocycles. The van der Waals surface area contributed by atoms with Gasteiger partial charge in [-0.1, -0.05) is 50.6 Å². The van der Waals surface area contributed by atoms with Gasteiger partial charge in [0.25, 0.3) is 11.8 Å². The summed E-state index contributed by atoms with van der Waals surface area (Å²) >= 11 is 0. The normalized spacial score (nSPS) is 10.9. The van der Waals surface area contributed by atoms with Crippen LogP contribution in [-0.4, -0.2) is 18.4 Å². The fourth-order valence-corrected chi connectivity index (χ4v) is 2.14. The van der Waals surface area contributed by atoms with Crippen molar-refractivity contribution in [3.8, 4) is 5.75 Å². The molecule has 2 aromatic rings. The Morgan fingerprint density at radius 1 is 0.920 bits per heavy atom. The summed E-state index contributed by atoms with van der Waals surface area (Å²) in [7, 11) is 0. The summed E-state index contributed by atoms with van der Waals surface area (Å²) in [6, 6.07) is 14.7. The van der Waals surface area contributed by atoms with E-state index in [0.29, 0.717) is 11.3 Å². The van der Waals surface area contributed by atoms with Crippen LogP contribution in [0.25, 0.3) is 0 Å². The molecule has 2 rings (SSSR count). The monoisotopic (exact) mass is 340 g/mol. The molecule has 0 aliphatic carbocycles. The average Bonchev–Trinajstić information content (AvgIpc) is 2.58. The Hall–Kier alpha value is -2.82. The zero-order valence-electron chi connectivity index (χ0n) is 15.1. The van der Waals surface area contributed by atoms with Crippen molar-refractivity contribution < 1.29 is 14.3 Å². The second-order valence-corrected chi connectivity index (χ2v) is 6.93. The van der Waals surface area contributed by atoms with E-state index in [0.717, 1.165) is 5.56 Å². The van der Waals surface area contributed by atoms with E-state index in [-0.39, 0.29) is 17.9 Å². The van der Waals surface area contributed by atoms with Crippen LogP contribution < -0.4 is 15.6 Å². The highest BCUT2D eigenvalue weighted by Crippen LogP contribution is 2.24. The predicted molar refractivity (Wildman–Crippen MR) is 97.4 cm³/mol. The van der Waals surface area contributed by atoms with Gasteiger partial charge < -0.3 is 4.74 Å². The van der Waals surface area contributed by atoms with Crippen molar-refractivity contribution in [1.82, 2.24) is 10.9 Å². The number of ether oxygens (including phenoxy) is 1. The lowest BCUT2D eigenvalue weighted by molar-refractivity contribution is -0.123. The first-order valence-corrected chi connectivity index (χ1v) is 8.15. The van der Waals surface area contributed by atoms with Crippen LogP contribution in [0.1, 0.15) is 42.3 Å². The first-order valence-electron chi connectivity index (χ1n) is 8.15. The Morgan fingerprint density at radius 2 is 1.52 bits per heavy atom. The van der Waals surface area contributed by atoms with Crippen molar-refractivity contribution in [2.24, 2.45) is 0 Å². The molecule has 0 bridgehead atoms. The summed E-state index contributed by atoms with van der Waals surface area (Å²) in [6.07, 6.45) is 0. The predicted octanol–water partition coefficient (Wildman–Crippen LogP) is 3.13. The number of hydrogen-bond acceptors (Lipinski definition) is 3. The molecule has 0 saturated heterocycles. The number of aryl methyl sites for hydroxylation is 1. The minimum Gasteiger partial charge on any atom is -0.484 e. The molecule has 2 aromatic carbocycles. The maximum absolute atomic E-state index is 11.9. The second-order valence-electron chi connectivity index (χ2n) is 6.93.